The van der Waals surface area contributed by atoms with Crippen LogP contribution in [0.15, 0.2) is 51.8 Å². The summed E-state index contributed by atoms with van der Waals surface area (Å²) in [5.74, 6) is -0.396. The molecule has 2 rings (SSSR count). The number of rotatable bonds is 5. The molecule has 0 N–H and O–H groups in total. The van der Waals surface area contributed by atoms with Gasteiger partial charge in [-0.05, 0) is 65.3 Å². The number of halogens is 2. The molecule has 0 spiro atoms. The fourth-order valence-electron chi connectivity index (χ4n) is 2.13. The Kier molecular flexibility index (Phi) is 5.84. The van der Waals surface area contributed by atoms with Gasteiger partial charge in [-0.15, -0.1) is 0 Å². The van der Waals surface area contributed by atoms with E-state index in [-0.39, 0.29) is 10.8 Å². The molecule has 2 aromatic carbocycles. The van der Waals surface area contributed by atoms with Crippen LogP contribution in [0.2, 0.25) is 0 Å². The van der Waals surface area contributed by atoms with Crippen molar-refractivity contribution in [3.8, 4) is 5.75 Å². The zero-order chi connectivity index (χ0) is 18.8. The molecule has 0 bridgehead atoms. The Morgan fingerprint density at radius 2 is 1.80 bits per heavy atom. The summed E-state index contributed by atoms with van der Waals surface area (Å²) in [5.41, 5.74) is 0.533. The van der Waals surface area contributed by atoms with Gasteiger partial charge < -0.3 is 9.64 Å². The molecule has 0 aliphatic carbocycles. The van der Waals surface area contributed by atoms with E-state index in [0.717, 1.165) is 6.26 Å². The standard InChI is InChI=1S/C17H17BrFNO4S/c1-11(24-16-9-4-12(19)10-15(16)18)17(21)20(2)13-5-7-14(8-6-13)25(3,22)23/h4-11H,1-3H3. The number of ether oxygens (including phenoxy) is 1. The van der Waals surface area contributed by atoms with Gasteiger partial charge in [0, 0.05) is 19.0 Å². The first kappa shape index (κ1) is 19.4. The molecule has 1 unspecified atom stereocenters. The predicted molar refractivity (Wildman–Crippen MR) is 97.2 cm³/mol. The number of likely N-dealkylation sites (N-methyl/N-ethyl adjacent to an activating group) is 1. The highest BCUT2D eigenvalue weighted by molar-refractivity contribution is 9.10. The van der Waals surface area contributed by atoms with Crippen LogP contribution in [0.1, 0.15) is 6.92 Å². The summed E-state index contributed by atoms with van der Waals surface area (Å²) < 4.78 is 42.1. The number of carbonyl (C=O) groups is 1. The van der Waals surface area contributed by atoms with Crippen molar-refractivity contribution in [1.29, 1.82) is 0 Å². The Labute approximate surface area is 154 Å². The fraction of sp³-hybridized carbons (Fsp3) is 0.235. The van der Waals surface area contributed by atoms with Crippen LogP contribution in [0.25, 0.3) is 0 Å². The normalized spacial score (nSPS) is 12.5. The van der Waals surface area contributed by atoms with E-state index < -0.39 is 21.8 Å². The highest BCUT2D eigenvalue weighted by Crippen LogP contribution is 2.27. The summed E-state index contributed by atoms with van der Waals surface area (Å²) in [4.78, 5) is 14.0. The van der Waals surface area contributed by atoms with Gasteiger partial charge in [0.05, 0.1) is 9.37 Å². The lowest BCUT2D eigenvalue weighted by Crippen LogP contribution is -2.38. The van der Waals surface area contributed by atoms with Gasteiger partial charge >= 0.3 is 0 Å². The Bertz CT molecular complexity index is 884. The average Bonchev–Trinajstić information content (AvgIpc) is 2.55. The number of amides is 1. The lowest BCUT2D eigenvalue weighted by molar-refractivity contribution is -0.124. The Morgan fingerprint density at radius 1 is 1.20 bits per heavy atom. The molecule has 8 heteroatoms. The number of carbonyl (C=O) groups excluding carboxylic acids is 1. The van der Waals surface area contributed by atoms with Crippen molar-refractivity contribution < 1.29 is 22.3 Å². The van der Waals surface area contributed by atoms with E-state index in [9.17, 15) is 17.6 Å². The van der Waals surface area contributed by atoms with Crippen LogP contribution in [-0.2, 0) is 14.6 Å². The first-order valence-corrected chi connectivity index (χ1v) is 9.97. The maximum absolute atomic E-state index is 13.1. The molecule has 0 aliphatic rings. The molecule has 5 nitrogen and oxygen atoms in total. The van der Waals surface area contributed by atoms with E-state index in [0.29, 0.717) is 15.9 Å². The van der Waals surface area contributed by atoms with Gasteiger partial charge in [-0.2, -0.15) is 0 Å². The minimum absolute atomic E-state index is 0.177. The van der Waals surface area contributed by atoms with E-state index >= 15 is 0 Å². The monoisotopic (exact) mass is 429 g/mol. The van der Waals surface area contributed by atoms with Gasteiger partial charge in [-0.25, -0.2) is 12.8 Å². The van der Waals surface area contributed by atoms with E-state index in [4.69, 9.17) is 4.74 Å². The summed E-state index contributed by atoms with van der Waals surface area (Å²) in [6, 6.07) is 9.91. The Balaban J connectivity index is 2.13. The summed E-state index contributed by atoms with van der Waals surface area (Å²) in [6.07, 6.45) is 0.300. The van der Waals surface area contributed by atoms with Crippen LogP contribution < -0.4 is 9.64 Å². The zero-order valence-electron chi connectivity index (χ0n) is 13.9. The maximum Gasteiger partial charge on any atom is 0.267 e. The van der Waals surface area contributed by atoms with Crippen molar-refractivity contribution in [3.63, 3.8) is 0 Å². The minimum Gasteiger partial charge on any atom is -0.480 e. The fourth-order valence-corrected chi connectivity index (χ4v) is 3.20. The van der Waals surface area contributed by atoms with Crippen molar-refractivity contribution in [3.05, 3.63) is 52.8 Å². The van der Waals surface area contributed by atoms with Crippen LogP contribution in [0.5, 0.6) is 5.75 Å². The number of benzene rings is 2. The highest BCUT2D eigenvalue weighted by Gasteiger charge is 2.21. The van der Waals surface area contributed by atoms with Gasteiger partial charge in [0.1, 0.15) is 11.6 Å². The largest absolute Gasteiger partial charge is 0.480 e. The maximum atomic E-state index is 13.1. The smallest absolute Gasteiger partial charge is 0.267 e. The molecular formula is C17H17BrFNO4S. The summed E-state index contributed by atoms with van der Waals surface area (Å²) in [6.45, 7) is 1.58. The number of hydrogen-bond acceptors (Lipinski definition) is 4. The molecule has 25 heavy (non-hydrogen) atoms. The van der Waals surface area contributed by atoms with Crippen LogP contribution in [-0.4, -0.2) is 33.7 Å². The molecule has 0 saturated carbocycles. The average molecular weight is 430 g/mol. The lowest BCUT2D eigenvalue weighted by Gasteiger charge is -2.22. The molecule has 0 heterocycles. The molecule has 0 saturated heterocycles. The van der Waals surface area contributed by atoms with Crippen LogP contribution in [0.4, 0.5) is 10.1 Å². The van der Waals surface area contributed by atoms with Crippen molar-refractivity contribution in [2.75, 3.05) is 18.2 Å². The number of hydrogen-bond donors (Lipinski definition) is 0. The first-order valence-electron chi connectivity index (χ1n) is 7.29. The number of sulfone groups is 1. The van der Waals surface area contributed by atoms with E-state index in [2.05, 4.69) is 15.9 Å². The molecular weight excluding hydrogens is 413 g/mol. The highest BCUT2D eigenvalue weighted by atomic mass is 79.9. The van der Waals surface area contributed by atoms with Gasteiger partial charge in [-0.1, -0.05) is 0 Å². The zero-order valence-corrected chi connectivity index (χ0v) is 16.3. The van der Waals surface area contributed by atoms with Crippen LogP contribution >= 0.6 is 15.9 Å². The van der Waals surface area contributed by atoms with Gasteiger partial charge in [0.15, 0.2) is 15.9 Å². The molecule has 0 fully saturated rings. The summed E-state index contributed by atoms with van der Waals surface area (Å²) in [7, 11) is -1.73. The SMILES string of the molecule is CC(Oc1ccc(F)cc1Br)C(=O)N(C)c1ccc(S(C)(=O)=O)cc1. The van der Waals surface area contributed by atoms with Crippen molar-refractivity contribution in [1.82, 2.24) is 0 Å². The molecule has 0 aliphatic heterocycles. The van der Waals surface area contributed by atoms with E-state index in [1.807, 2.05) is 0 Å². The third-order valence-corrected chi connectivity index (χ3v) is 5.28. The quantitative estimate of drug-likeness (QED) is 0.730. The second kappa shape index (κ2) is 7.53. The molecule has 134 valence electrons. The molecule has 0 aromatic heterocycles. The van der Waals surface area contributed by atoms with Gasteiger partial charge in [-0.3, -0.25) is 4.79 Å². The summed E-state index contributed by atoms with van der Waals surface area (Å²) >= 11 is 3.19. The van der Waals surface area contributed by atoms with Gasteiger partial charge in [0.2, 0.25) is 0 Å². The Hall–Kier alpha value is -1.93. The van der Waals surface area contributed by atoms with Gasteiger partial charge in [0.25, 0.3) is 5.91 Å². The van der Waals surface area contributed by atoms with Crippen LogP contribution in [0.3, 0.4) is 0 Å². The number of anilines is 1. The van der Waals surface area contributed by atoms with E-state index in [1.54, 1.807) is 26.1 Å². The third-order valence-electron chi connectivity index (χ3n) is 3.53. The van der Waals surface area contributed by atoms with Crippen molar-refractivity contribution in [2.24, 2.45) is 0 Å². The molecule has 0 radical (unpaired) electrons. The second-order valence-electron chi connectivity index (χ2n) is 5.50. The second-order valence-corrected chi connectivity index (χ2v) is 8.37. The van der Waals surface area contributed by atoms with Crippen LogP contribution in [0, 0.1) is 5.82 Å². The topological polar surface area (TPSA) is 63.7 Å². The van der Waals surface area contributed by atoms with Crippen molar-refractivity contribution in [2.45, 2.75) is 17.9 Å². The molecule has 2 aromatic rings. The third kappa shape index (κ3) is 4.79. The molecule has 1 amide bonds. The van der Waals surface area contributed by atoms with E-state index in [1.165, 1.54) is 35.2 Å². The van der Waals surface area contributed by atoms with Crippen molar-refractivity contribution >= 4 is 37.4 Å². The molecule has 1 atom stereocenters. The Morgan fingerprint density at radius 3 is 2.32 bits per heavy atom. The first-order chi connectivity index (χ1) is 11.6. The number of nitrogens with zero attached hydrogens (tertiary/aromatic N) is 1. The predicted octanol–water partition coefficient (Wildman–Crippen LogP) is 3.42. The summed E-state index contributed by atoms with van der Waals surface area (Å²) in [5, 5.41) is 0. The lowest BCUT2D eigenvalue weighted by atomic mass is 10.2. The minimum atomic E-state index is -3.29.